The topological polar surface area (TPSA) is 58.1 Å². The minimum absolute atomic E-state index is 0.00283. The Morgan fingerprint density at radius 3 is 2.48 bits per heavy atom. The SMILES string of the molecule is CCNc1cncc(C(=O)N2CCC(CC)(CC)CC2)n1. The summed E-state index contributed by atoms with van der Waals surface area (Å²) in [5, 5.41) is 3.09. The number of carbonyl (C=O) groups excluding carboxylic acids is 1. The fourth-order valence-electron chi connectivity index (χ4n) is 3.04. The van der Waals surface area contributed by atoms with Gasteiger partial charge in [0.05, 0.1) is 12.4 Å². The summed E-state index contributed by atoms with van der Waals surface area (Å²) in [6.45, 7) is 8.93. The zero-order valence-electron chi connectivity index (χ0n) is 13.4. The summed E-state index contributed by atoms with van der Waals surface area (Å²) in [4.78, 5) is 22.9. The third-order valence-corrected chi connectivity index (χ3v) is 4.82. The number of piperidine rings is 1. The number of rotatable bonds is 5. The number of aromatic nitrogens is 2. The lowest BCUT2D eigenvalue weighted by Crippen LogP contribution is -2.43. The Morgan fingerprint density at radius 1 is 1.24 bits per heavy atom. The van der Waals surface area contributed by atoms with Crippen LogP contribution in [0.3, 0.4) is 0 Å². The van der Waals surface area contributed by atoms with Crippen molar-refractivity contribution < 1.29 is 4.79 Å². The molecule has 1 aromatic rings. The van der Waals surface area contributed by atoms with Gasteiger partial charge < -0.3 is 10.2 Å². The average Bonchev–Trinajstić information content (AvgIpc) is 2.55. The Kier molecular flexibility index (Phi) is 5.15. The zero-order chi connectivity index (χ0) is 15.3. The van der Waals surface area contributed by atoms with E-state index in [4.69, 9.17) is 0 Å². The first-order valence-corrected chi connectivity index (χ1v) is 7.99. The first-order valence-electron chi connectivity index (χ1n) is 7.99. The second kappa shape index (κ2) is 6.87. The van der Waals surface area contributed by atoms with Gasteiger partial charge in [-0.15, -0.1) is 0 Å². The minimum Gasteiger partial charge on any atom is -0.369 e. The van der Waals surface area contributed by atoms with E-state index in [0.717, 1.165) is 32.5 Å². The van der Waals surface area contributed by atoms with E-state index in [-0.39, 0.29) is 5.91 Å². The molecule has 21 heavy (non-hydrogen) atoms. The van der Waals surface area contributed by atoms with Gasteiger partial charge in [0.15, 0.2) is 0 Å². The lowest BCUT2D eigenvalue weighted by Gasteiger charge is -2.40. The van der Waals surface area contributed by atoms with Crippen LogP contribution in [0.2, 0.25) is 0 Å². The Balaban J connectivity index is 2.03. The zero-order valence-corrected chi connectivity index (χ0v) is 13.4. The van der Waals surface area contributed by atoms with E-state index in [9.17, 15) is 4.79 Å². The van der Waals surface area contributed by atoms with E-state index in [1.165, 1.54) is 12.8 Å². The number of hydrogen-bond donors (Lipinski definition) is 1. The van der Waals surface area contributed by atoms with Crippen LogP contribution in [0.25, 0.3) is 0 Å². The Labute approximate surface area is 127 Å². The van der Waals surface area contributed by atoms with Gasteiger partial charge in [0.2, 0.25) is 0 Å². The standard InChI is InChI=1S/C16H26N4O/c1-4-16(5-2)7-9-20(10-8-16)15(21)13-11-17-12-14(19-13)18-6-3/h11-12H,4-10H2,1-3H3,(H,18,19). The maximum absolute atomic E-state index is 12.5. The van der Waals surface area contributed by atoms with Crippen LogP contribution >= 0.6 is 0 Å². The number of carbonyl (C=O) groups is 1. The first-order chi connectivity index (χ1) is 10.1. The minimum atomic E-state index is 0.00283. The molecule has 0 saturated carbocycles. The fourth-order valence-corrected chi connectivity index (χ4v) is 3.04. The highest BCUT2D eigenvalue weighted by atomic mass is 16.2. The summed E-state index contributed by atoms with van der Waals surface area (Å²) in [5.41, 5.74) is 0.864. The number of anilines is 1. The van der Waals surface area contributed by atoms with Gasteiger partial charge in [0, 0.05) is 19.6 Å². The molecular weight excluding hydrogens is 264 g/mol. The third-order valence-electron chi connectivity index (χ3n) is 4.82. The average molecular weight is 290 g/mol. The molecular formula is C16H26N4O. The van der Waals surface area contributed by atoms with Crippen molar-refractivity contribution >= 4 is 11.7 Å². The quantitative estimate of drug-likeness (QED) is 0.906. The van der Waals surface area contributed by atoms with Crippen LogP contribution in [0.1, 0.15) is 56.9 Å². The summed E-state index contributed by atoms with van der Waals surface area (Å²) in [6, 6.07) is 0. The molecule has 2 heterocycles. The highest BCUT2D eigenvalue weighted by Gasteiger charge is 2.33. The second-order valence-electron chi connectivity index (χ2n) is 5.82. The molecule has 1 aliphatic heterocycles. The molecule has 0 atom stereocenters. The third kappa shape index (κ3) is 3.52. The van der Waals surface area contributed by atoms with Gasteiger partial charge in [0.1, 0.15) is 11.5 Å². The van der Waals surface area contributed by atoms with E-state index < -0.39 is 0 Å². The summed E-state index contributed by atoms with van der Waals surface area (Å²) >= 11 is 0. The van der Waals surface area contributed by atoms with Crippen LogP contribution in [0.5, 0.6) is 0 Å². The van der Waals surface area contributed by atoms with Crippen molar-refractivity contribution in [3.05, 3.63) is 18.1 Å². The lowest BCUT2D eigenvalue weighted by molar-refractivity contribution is 0.0552. The molecule has 0 radical (unpaired) electrons. The molecule has 5 nitrogen and oxygen atoms in total. The second-order valence-corrected chi connectivity index (χ2v) is 5.82. The molecule has 0 unspecified atom stereocenters. The molecule has 0 aliphatic carbocycles. The Morgan fingerprint density at radius 2 is 1.90 bits per heavy atom. The van der Waals surface area contributed by atoms with Crippen molar-refractivity contribution in [2.75, 3.05) is 25.0 Å². The van der Waals surface area contributed by atoms with Crippen LogP contribution in [0.15, 0.2) is 12.4 Å². The highest BCUT2D eigenvalue weighted by molar-refractivity contribution is 5.92. The fraction of sp³-hybridized carbons (Fsp3) is 0.688. The monoisotopic (exact) mass is 290 g/mol. The number of nitrogens with zero attached hydrogens (tertiary/aromatic N) is 3. The van der Waals surface area contributed by atoms with E-state index in [1.54, 1.807) is 12.4 Å². The Hall–Kier alpha value is -1.65. The van der Waals surface area contributed by atoms with Crippen molar-refractivity contribution in [3.8, 4) is 0 Å². The van der Waals surface area contributed by atoms with Crippen LogP contribution in [0, 0.1) is 5.41 Å². The lowest BCUT2D eigenvalue weighted by atomic mass is 9.74. The number of nitrogens with one attached hydrogen (secondary N) is 1. The Bertz CT molecular complexity index is 475. The summed E-state index contributed by atoms with van der Waals surface area (Å²) in [5.74, 6) is 0.667. The maximum Gasteiger partial charge on any atom is 0.274 e. The van der Waals surface area contributed by atoms with E-state index in [1.807, 2.05) is 11.8 Å². The largest absolute Gasteiger partial charge is 0.369 e. The van der Waals surface area contributed by atoms with Gasteiger partial charge in [-0.2, -0.15) is 0 Å². The van der Waals surface area contributed by atoms with Gasteiger partial charge in [-0.05, 0) is 25.2 Å². The number of amides is 1. The van der Waals surface area contributed by atoms with Crippen molar-refractivity contribution in [2.45, 2.75) is 46.5 Å². The first kappa shape index (κ1) is 15.7. The van der Waals surface area contributed by atoms with E-state index >= 15 is 0 Å². The van der Waals surface area contributed by atoms with Crippen LogP contribution < -0.4 is 5.32 Å². The molecule has 0 aromatic carbocycles. The normalized spacial score (nSPS) is 17.6. The van der Waals surface area contributed by atoms with Gasteiger partial charge in [0.25, 0.3) is 5.91 Å². The molecule has 116 valence electrons. The molecule has 5 heteroatoms. The molecule has 0 bridgehead atoms. The summed E-state index contributed by atoms with van der Waals surface area (Å²) in [6.07, 6.45) is 7.78. The van der Waals surface area contributed by atoms with Gasteiger partial charge in [-0.3, -0.25) is 9.78 Å². The molecule has 2 rings (SSSR count). The molecule has 1 saturated heterocycles. The van der Waals surface area contributed by atoms with Gasteiger partial charge >= 0.3 is 0 Å². The molecule has 1 amide bonds. The van der Waals surface area contributed by atoms with Gasteiger partial charge in [-0.25, -0.2) is 4.98 Å². The molecule has 1 aliphatic rings. The van der Waals surface area contributed by atoms with Crippen LogP contribution in [0.4, 0.5) is 5.82 Å². The smallest absolute Gasteiger partial charge is 0.274 e. The highest BCUT2D eigenvalue weighted by Crippen LogP contribution is 2.38. The molecule has 1 N–H and O–H groups in total. The number of likely N-dealkylation sites (tertiary alicyclic amines) is 1. The van der Waals surface area contributed by atoms with Crippen molar-refractivity contribution in [3.63, 3.8) is 0 Å². The van der Waals surface area contributed by atoms with Crippen molar-refractivity contribution in [1.29, 1.82) is 0 Å². The summed E-state index contributed by atoms with van der Waals surface area (Å²) in [7, 11) is 0. The maximum atomic E-state index is 12.5. The van der Waals surface area contributed by atoms with Crippen LogP contribution in [-0.2, 0) is 0 Å². The summed E-state index contributed by atoms with van der Waals surface area (Å²) < 4.78 is 0. The predicted octanol–water partition coefficient (Wildman–Crippen LogP) is 2.95. The molecule has 1 fully saturated rings. The molecule has 0 spiro atoms. The van der Waals surface area contributed by atoms with Crippen molar-refractivity contribution in [2.24, 2.45) is 5.41 Å². The van der Waals surface area contributed by atoms with Crippen LogP contribution in [-0.4, -0.2) is 40.4 Å². The van der Waals surface area contributed by atoms with E-state index in [2.05, 4.69) is 29.1 Å². The van der Waals surface area contributed by atoms with E-state index in [0.29, 0.717) is 16.9 Å². The number of hydrogen-bond acceptors (Lipinski definition) is 4. The van der Waals surface area contributed by atoms with Crippen molar-refractivity contribution in [1.82, 2.24) is 14.9 Å². The van der Waals surface area contributed by atoms with Gasteiger partial charge in [-0.1, -0.05) is 26.7 Å². The molecule has 1 aromatic heterocycles. The predicted molar refractivity (Wildman–Crippen MR) is 84.3 cm³/mol.